The molecule has 0 bridgehead atoms. The molecule has 1 aliphatic rings. The predicted molar refractivity (Wildman–Crippen MR) is 85.8 cm³/mol. The number of fused-ring (bicyclic) bond motifs is 1. The van der Waals surface area contributed by atoms with Crippen molar-refractivity contribution in [2.45, 2.75) is 25.3 Å². The van der Waals surface area contributed by atoms with Gasteiger partial charge in [0.25, 0.3) is 5.56 Å². The van der Waals surface area contributed by atoms with Crippen LogP contribution in [0.2, 0.25) is 0 Å². The Kier molecular flexibility index (Phi) is 4.02. The van der Waals surface area contributed by atoms with Crippen molar-refractivity contribution in [1.82, 2.24) is 14.5 Å². The number of rotatable bonds is 2. The Hall–Kier alpha value is -2.08. The zero-order valence-electron chi connectivity index (χ0n) is 13.0. The Morgan fingerprint density at radius 1 is 1.27 bits per heavy atom. The first-order valence-corrected chi connectivity index (χ1v) is 7.64. The Morgan fingerprint density at radius 2 is 2.09 bits per heavy atom. The predicted octanol–water partition coefficient (Wildman–Crippen LogP) is 1.02. The van der Waals surface area contributed by atoms with E-state index in [-0.39, 0.29) is 17.3 Å². The topological polar surface area (TPSA) is 65.3 Å². The number of aromatic nitrogens is 2. The van der Waals surface area contributed by atoms with E-state index in [1.165, 1.54) is 16.2 Å². The number of hydrogen-bond donors (Lipinski definition) is 1. The molecule has 6 heteroatoms. The number of benzene rings is 1. The molecule has 1 saturated heterocycles. The van der Waals surface area contributed by atoms with Crippen LogP contribution in [0.3, 0.4) is 0 Å². The molecule has 0 radical (unpaired) electrons. The highest BCUT2D eigenvalue weighted by atomic mass is 16.5. The fourth-order valence-corrected chi connectivity index (χ4v) is 3.20. The molecule has 0 spiro atoms. The fraction of sp³-hybridized carbons (Fsp3) is 0.500. The molecule has 0 saturated carbocycles. The number of aryl methyl sites for hydroxylation is 1. The molecule has 22 heavy (non-hydrogen) atoms. The first kappa shape index (κ1) is 14.8. The van der Waals surface area contributed by atoms with E-state index < -0.39 is 0 Å². The first-order valence-electron chi connectivity index (χ1n) is 7.64. The molecule has 2 aromatic rings. The second-order valence-corrected chi connectivity index (χ2v) is 5.72. The number of ether oxygens (including phenoxy) is 1. The summed E-state index contributed by atoms with van der Waals surface area (Å²) in [7, 11) is 3.24. The molecule has 2 heterocycles. The molecule has 1 unspecified atom stereocenters. The maximum Gasteiger partial charge on any atom is 0.331 e. The van der Waals surface area contributed by atoms with Gasteiger partial charge in [0.1, 0.15) is 11.1 Å². The van der Waals surface area contributed by atoms with Crippen LogP contribution in [-0.4, -0.2) is 29.3 Å². The molecule has 1 aliphatic heterocycles. The second-order valence-electron chi connectivity index (χ2n) is 5.72. The van der Waals surface area contributed by atoms with Crippen LogP contribution >= 0.6 is 0 Å². The summed E-state index contributed by atoms with van der Waals surface area (Å²) < 4.78 is 8.25. The molecule has 1 atom stereocenters. The molecule has 0 aliphatic carbocycles. The van der Waals surface area contributed by atoms with Gasteiger partial charge in [0, 0.05) is 13.6 Å². The molecule has 0 amide bonds. The SMILES string of the molecule is COc1cccc2c1c(=O)n(C1CCCCNC1)c(=O)n2C. The van der Waals surface area contributed by atoms with E-state index in [1.54, 1.807) is 25.2 Å². The van der Waals surface area contributed by atoms with Gasteiger partial charge in [-0.05, 0) is 31.5 Å². The van der Waals surface area contributed by atoms with E-state index in [0.29, 0.717) is 23.2 Å². The van der Waals surface area contributed by atoms with Crippen LogP contribution in [0.5, 0.6) is 5.75 Å². The molecule has 118 valence electrons. The van der Waals surface area contributed by atoms with Crippen molar-refractivity contribution in [2.24, 2.45) is 7.05 Å². The molecular formula is C16H21N3O3. The highest BCUT2D eigenvalue weighted by molar-refractivity contribution is 5.84. The lowest BCUT2D eigenvalue weighted by atomic mass is 10.1. The van der Waals surface area contributed by atoms with Crippen molar-refractivity contribution >= 4 is 10.9 Å². The summed E-state index contributed by atoms with van der Waals surface area (Å²) in [5.74, 6) is 0.508. The lowest BCUT2D eigenvalue weighted by molar-refractivity contribution is 0.411. The summed E-state index contributed by atoms with van der Waals surface area (Å²) in [4.78, 5) is 25.6. The van der Waals surface area contributed by atoms with Crippen molar-refractivity contribution in [3.05, 3.63) is 39.0 Å². The van der Waals surface area contributed by atoms with Gasteiger partial charge in [0.05, 0.1) is 18.7 Å². The van der Waals surface area contributed by atoms with Crippen LogP contribution in [0.15, 0.2) is 27.8 Å². The van der Waals surface area contributed by atoms with Crippen molar-refractivity contribution in [2.75, 3.05) is 20.2 Å². The smallest absolute Gasteiger partial charge is 0.331 e. The van der Waals surface area contributed by atoms with Gasteiger partial charge in [-0.3, -0.25) is 13.9 Å². The third-order valence-corrected chi connectivity index (χ3v) is 4.40. The standard InChI is InChI=1S/C16H21N3O3/c1-18-12-7-5-8-13(22-2)14(12)15(20)19(16(18)21)11-6-3-4-9-17-10-11/h5,7-8,11,17H,3-4,6,9-10H2,1-2H3. The average Bonchev–Trinajstić information content (AvgIpc) is 2.81. The van der Waals surface area contributed by atoms with Crippen molar-refractivity contribution < 1.29 is 4.74 Å². The molecular weight excluding hydrogens is 282 g/mol. The average molecular weight is 303 g/mol. The van der Waals surface area contributed by atoms with E-state index in [2.05, 4.69) is 5.32 Å². The quantitative estimate of drug-likeness (QED) is 0.900. The fourth-order valence-electron chi connectivity index (χ4n) is 3.20. The van der Waals surface area contributed by atoms with E-state index in [4.69, 9.17) is 4.74 Å². The third kappa shape index (κ3) is 2.33. The summed E-state index contributed by atoms with van der Waals surface area (Å²) in [6.45, 7) is 1.58. The van der Waals surface area contributed by atoms with E-state index >= 15 is 0 Å². The first-order chi connectivity index (χ1) is 10.6. The number of nitrogens with one attached hydrogen (secondary N) is 1. The highest BCUT2D eigenvalue weighted by Gasteiger charge is 2.21. The Balaban J connectivity index is 2.31. The lowest BCUT2D eigenvalue weighted by Gasteiger charge is -2.19. The monoisotopic (exact) mass is 303 g/mol. The maximum absolute atomic E-state index is 12.9. The van der Waals surface area contributed by atoms with Gasteiger partial charge >= 0.3 is 5.69 Å². The van der Waals surface area contributed by atoms with Crippen molar-refractivity contribution in [1.29, 1.82) is 0 Å². The summed E-state index contributed by atoms with van der Waals surface area (Å²) >= 11 is 0. The molecule has 3 rings (SSSR count). The van der Waals surface area contributed by atoms with Crippen LogP contribution in [0, 0.1) is 0 Å². The van der Waals surface area contributed by atoms with E-state index in [1.807, 2.05) is 0 Å². The number of nitrogens with zero attached hydrogens (tertiary/aromatic N) is 2. The number of hydrogen-bond acceptors (Lipinski definition) is 4. The summed E-state index contributed by atoms with van der Waals surface area (Å²) in [6.07, 6.45) is 2.92. The highest BCUT2D eigenvalue weighted by Crippen LogP contribution is 2.22. The normalized spacial score (nSPS) is 19.1. The minimum Gasteiger partial charge on any atom is -0.496 e. The minimum atomic E-state index is -0.264. The maximum atomic E-state index is 12.9. The molecule has 6 nitrogen and oxygen atoms in total. The molecule has 1 aromatic heterocycles. The molecule has 1 aromatic carbocycles. The Bertz CT molecular complexity index is 799. The van der Waals surface area contributed by atoms with Gasteiger partial charge in [-0.2, -0.15) is 0 Å². The lowest BCUT2D eigenvalue weighted by Crippen LogP contribution is -2.43. The Morgan fingerprint density at radius 3 is 2.86 bits per heavy atom. The Labute approximate surface area is 128 Å². The summed E-state index contributed by atoms with van der Waals surface area (Å²) in [6, 6.07) is 5.21. The van der Waals surface area contributed by atoms with Crippen LogP contribution in [-0.2, 0) is 7.05 Å². The van der Waals surface area contributed by atoms with E-state index in [9.17, 15) is 9.59 Å². The van der Waals surface area contributed by atoms with Gasteiger partial charge < -0.3 is 10.1 Å². The summed E-state index contributed by atoms with van der Waals surface area (Å²) in [5, 5.41) is 3.78. The van der Waals surface area contributed by atoms with Gasteiger partial charge in [0.2, 0.25) is 0 Å². The van der Waals surface area contributed by atoms with Gasteiger partial charge in [0.15, 0.2) is 0 Å². The van der Waals surface area contributed by atoms with E-state index in [0.717, 1.165) is 25.8 Å². The third-order valence-electron chi connectivity index (χ3n) is 4.40. The van der Waals surface area contributed by atoms with Crippen LogP contribution in [0.1, 0.15) is 25.3 Å². The van der Waals surface area contributed by atoms with Gasteiger partial charge in [-0.1, -0.05) is 12.5 Å². The minimum absolute atomic E-state index is 0.108. The molecule has 1 N–H and O–H groups in total. The van der Waals surface area contributed by atoms with Gasteiger partial charge in [-0.25, -0.2) is 4.79 Å². The molecule has 1 fully saturated rings. The zero-order valence-corrected chi connectivity index (χ0v) is 13.0. The summed E-state index contributed by atoms with van der Waals surface area (Å²) in [5.41, 5.74) is 0.0795. The second kappa shape index (κ2) is 5.96. The van der Waals surface area contributed by atoms with Crippen molar-refractivity contribution in [3.8, 4) is 5.75 Å². The van der Waals surface area contributed by atoms with Gasteiger partial charge in [-0.15, -0.1) is 0 Å². The van der Waals surface area contributed by atoms with Crippen molar-refractivity contribution in [3.63, 3.8) is 0 Å². The van der Waals surface area contributed by atoms with Crippen LogP contribution < -0.4 is 21.3 Å². The zero-order chi connectivity index (χ0) is 15.7. The number of methoxy groups -OCH3 is 1. The van der Waals surface area contributed by atoms with Crippen LogP contribution in [0.25, 0.3) is 10.9 Å². The largest absolute Gasteiger partial charge is 0.496 e. The van der Waals surface area contributed by atoms with Crippen LogP contribution in [0.4, 0.5) is 0 Å².